The summed E-state index contributed by atoms with van der Waals surface area (Å²) in [6.07, 6.45) is 5.31. The van der Waals surface area contributed by atoms with E-state index in [4.69, 9.17) is 0 Å². The molecule has 0 aliphatic heterocycles. The Morgan fingerprint density at radius 1 is 0.947 bits per heavy atom. The smallest absolute Gasteiger partial charge is 0.0275 e. The van der Waals surface area contributed by atoms with Gasteiger partial charge in [0.05, 0.1) is 0 Å². The average molecular weight is 249 g/mol. The minimum absolute atomic E-state index is 0.467. The van der Waals surface area contributed by atoms with Gasteiger partial charge in [0.1, 0.15) is 0 Å². The highest BCUT2D eigenvalue weighted by molar-refractivity contribution is 5.78. The Balaban J connectivity index is 1.93. The molecule has 1 aliphatic carbocycles. The van der Waals surface area contributed by atoms with Gasteiger partial charge in [0.2, 0.25) is 0 Å². The Bertz CT molecular complexity index is 553. The van der Waals surface area contributed by atoms with E-state index >= 15 is 0 Å². The first-order valence-electron chi connectivity index (χ1n) is 6.98. The maximum atomic E-state index is 3.43. The van der Waals surface area contributed by atoms with Gasteiger partial charge in [0, 0.05) is 12.5 Å². The number of hydrogen-bond acceptors (Lipinski definition) is 1. The summed E-state index contributed by atoms with van der Waals surface area (Å²) in [6.45, 7) is 3.11. The fourth-order valence-corrected chi connectivity index (χ4v) is 2.87. The summed E-state index contributed by atoms with van der Waals surface area (Å²) in [5.74, 6) is 0.467. The van der Waals surface area contributed by atoms with Gasteiger partial charge in [-0.15, -0.1) is 0 Å². The molecule has 0 heterocycles. The number of nitrogens with one attached hydrogen (secondary N) is 1. The van der Waals surface area contributed by atoms with Crippen LogP contribution >= 0.6 is 0 Å². The first-order valence-corrected chi connectivity index (χ1v) is 6.98. The van der Waals surface area contributed by atoms with Crippen molar-refractivity contribution in [1.82, 2.24) is 5.32 Å². The van der Waals surface area contributed by atoms with Gasteiger partial charge in [-0.05, 0) is 34.9 Å². The molecule has 0 fully saturated rings. The highest BCUT2D eigenvalue weighted by Gasteiger charge is 2.27. The predicted molar refractivity (Wildman–Crippen MR) is 81.2 cm³/mol. The van der Waals surface area contributed by atoms with Crippen LogP contribution in [0, 0.1) is 0 Å². The standard InChI is InChI=1S/C18H19N/c1-2-3-12-19-13-18-16-10-6-4-8-14(16)15-9-5-7-11-17(15)18/h3-12,18-19H,2,13H2,1H3/b12-3-. The van der Waals surface area contributed by atoms with Crippen molar-refractivity contribution in [2.45, 2.75) is 19.3 Å². The molecule has 1 nitrogen and oxygen atoms in total. The van der Waals surface area contributed by atoms with Crippen molar-refractivity contribution >= 4 is 0 Å². The van der Waals surface area contributed by atoms with E-state index in [1.165, 1.54) is 22.3 Å². The second-order valence-corrected chi connectivity index (χ2v) is 4.95. The van der Waals surface area contributed by atoms with Crippen molar-refractivity contribution in [3.05, 3.63) is 71.9 Å². The molecular formula is C18H19N. The highest BCUT2D eigenvalue weighted by atomic mass is 14.8. The molecule has 19 heavy (non-hydrogen) atoms. The zero-order valence-electron chi connectivity index (χ0n) is 11.3. The van der Waals surface area contributed by atoms with Crippen molar-refractivity contribution in [2.75, 3.05) is 6.54 Å². The third-order valence-corrected chi connectivity index (χ3v) is 3.76. The van der Waals surface area contributed by atoms with E-state index in [1.54, 1.807) is 0 Å². The van der Waals surface area contributed by atoms with Crippen molar-refractivity contribution < 1.29 is 0 Å². The summed E-state index contributed by atoms with van der Waals surface area (Å²) >= 11 is 0. The predicted octanol–water partition coefficient (Wildman–Crippen LogP) is 4.31. The lowest BCUT2D eigenvalue weighted by Crippen LogP contribution is -2.15. The summed E-state index contributed by atoms with van der Waals surface area (Å²) in [4.78, 5) is 0. The van der Waals surface area contributed by atoms with Gasteiger partial charge in [-0.3, -0.25) is 0 Å². The monoisotopic (exact) mass is 249 g/mol. The fourth-order valence-electron chi connectivity index (χ4n) is 2.87. The van der Waals surface area contributed by atoms with Crippen molar-refractivity contribution in [3.63, 3.8) is 0 Å². The van der Waals surface area contributed by atoms with Crippen LogP contribution in [0.25, 0.3) is 11.1 Å². The number of hydrogen-bond donors (Lipinski definition) is 1. The molecular weight excluding hydrogens is 230 g/mol. The molecule has 0 saturated heterocycles. The normalized spacial score (nSPS) is 13.5. The molecule has 0 saturated carbocycles. The quantitative estimate of drug-likeness (QED) is 0.851. The second kappa shape index (κ2) is 5.31. The molecule has 3 rings (SSSR count). The maximum Gasteiger partial charge on any atom is 0.0275 e. The lowest BCUT2D eigenvalue weighted by Gasteiger charge is -2.13. The fraction of sp³-hybridized carbons (Fsp3) is 0.222. The number of benzene rings is 2. The molecule has 0 spiro atoms. The topological polar surface area (TPSA) is 12.0 Å². The largest absolute Gasteiger partial charge is 0.390 e. The van der Waals surface area contributed by atoms with Crippen molar-refractivity contribution in [2.24, 2.45) is 0 Å². The van der Waals surface area contributed by atoms with Gasteiger partial charge in [-0.2, -0.15) is 0 Å². The van der Waals surface area contributed by atoms with E-state index in [1.807, 2.05) is 0 Å². The van der Waals surface area contributed by atoms with Crippen LogP contribution in [-0.2, 0) is 0 Å². The minimum Gasteiger partial charge on any atom is -0.390 e. The van der Waals surface area contributed by atoms with E-state index in [0.29, 0.717) is 5.92 Å². The van der Waals surface area contributed by atoms with Crippen LogP contribution in [0.15, 0.2) is 60.8 Å². The summed E-state index contributed by atoms with van der Waals surface area (Å²) in [6, 6.07) is 17.5. The molecule has 1 aliphatic rings. The third-order valence-electron chi connectivity index (χ3n) is 3.76. The van der Waals surface area contributed by atoms with Gasteiger partial charge in [0.15, 0.2) is 0 Å². The number of rotatable bonds is 4. The van der Waals surface area contributed by atoms with E-state index in [2.05, 4.69) is 73.0 Å². The van der Waals surface area contributed by atoms with Crippen LogP contribution in [-0.4, -0.2) is 6.54 Å². The molecule has 0 atom stereocenters. The zero-order chi connectivity index (χ0) is 13.1. The van der Waals surface area contributed by atoms with Crippen LogP contribution < -0.4 is 5.32 Å². The zero-order valence-corrected chi connectivity index (χ0v) is 11.3. The van der Waals surface area contributed by atoms with E-state index < -0.39 is 0 Å². The Morgan fingerprint density at radius 2 is 1.53 bits per heavy atom. The summed E-state index contributed by atoms with van der Waals surface area (Å²) in [5, 5.41) is 3.43. The Morgan fingerprint density at radius 3 is 2.11 bits per heavy atom. The molecule has 0 bridgehead atoms. The molecule has 1 N–H and O–H groups in total. The van der Waals surface area contributed by atoms with Gasteiger partial charge >= 0.3 is 0 Å². The molecule has 0 aromatic heterocycles. The van der Waals surface area contributed by atoms with E-state index in [-0.39, 0.29) is 0 Å². The van der Waals surface area contributed by atoms with E-state index in [0.717, 1.165) is 13.0 Å². The lowest BCUT2D eigenvalue weighted by molar-refractivity contribution is 0.747. The summed E-state index contributed by atoms with van der Waals surface area (Å²) in [5.41, 5.74) is 5.68. The first kappa shape index (κ1) is 12.0. The second-order valence-electron chi connectivity index (χ2n) is 4.95. The molecule has 1 heteroatoms. The maximum absolute atomic E-state index is 3.43. The van der Waals surface area contributed by atoms with Crippen LogP contribution in [0.3, 0.4) is 0 Å². The Hall–Kier alpha value is -2.02. The van der Waals surface area contributed by atoms with Crippen LogP contribution in [0.2, 0.25) is 0 Å². The van der Waals surface area contributed by atoms with E-state index in [9.17, 15) is 0 Å². The van der Waals surface area contributed by atoms with Crippen LogP contribution in [0.5, 0.6) is 0 Å². The van der Waals surface area contributed by atoms with Gasteiger partial charge in [0.25, 0.3) is 0 Å². The third kappa shape index (κ3) is 2.17. The summed E-state index contributed by atoms with van der Waals surface area (Å²) < 4.78 is 0. The van der Waals surface area contributed by atoms with Gasteiger partial charge < -0.3 is 5.32 Å². The number of fused-ring (bicyclic) bond motifs is 3. The highest BCUT2D eigenvalue weighted by Crippen LogP contribution is 2.43. The first-order chi connectivity index (χ1) is 9.42. The van der Waals surface area contributed by atoms with Gasteiger partial charge in [-0.25, -0.2) is 0 Å². The summed E-state index contributed by atoms with van der Waals surface area (Å²) in [7, 11) is 0. The van der Waals surface area contributed by atoms with Crippen LogP contribution in [0.1, 0.15) is 30.4 Å². The average Bonchev–Trinajstić information content (AvgIpc) is 2.78. The van der Waals surface area contributed by atoms with Crippen molar-refractivity contribution in [1.29, 1.82) is 0 Å². The molecule has 0 amide bonds. The SMILES string of the molecule is CC/C=C\NCC1c2ccccc2-c2ccccc21. The molecule has 0 unspecified atom stereocenters. The number of allylic oxidation sites excluding steroid dienone is 1. The molecule has 0 radical (unpaired) electrons. The molecule has 2 aromatic carbocycles. The Labute approximate surface area is 115 Å². The molecule has 96 valence electrons. The minimum atomic E-state index is 0.467. The van der Waals surface area contributed by atoms with Gasteiger partial charge in [-0.1, -0.05) is 61.5 Å². The van der Waals surface area contributed by atoms with Crippen LogP contribution in [0.4, 0.5) is 0 Å². The molecule has 2 aromatic rings. The lowest BCUT2D eigenvalue weighted by atomic mass is 9.97. The van der Waals surface area contributed by atoms with Crippen molar-refractivity contribution in [3.8, 4) is 11.1 Å². The Kier molecular flexibility index (Phi) is 3.37.